The Hall–Kier alpha value is -2.01. The van der Waals surface area contributed by atoms with Crippen LogP contribution in [0.15, 0.2) is 10.8 Å². The van der Waals surface area contributed by atoms with Crippen LogP contribution in [0.4, 0.5) is 39.3 Å². The molecule has 2 rings (SSSR count). The van der Waals surface area contributed by atoms with E-state index in [1.807, 2.05) is 5.32 Å². The summed E-state index contributed by atoms with van der Waals surface area (Å²) in [5.74, 6) is -5.50. The van der Waals surface area contributed by atoms with Crippen LogP contribution in [0, 0.1) is 29.1 Å². The highest BCUT2D eigenvalue weighted by Crippen LogP contribution is 2.33. The lowest BCUT2D eigenvalue weighted by Crippen LogP contribution is -2.12. The third-order valence-electron chi connectivity index (χ3n) is 2.38. The van der Waals surface area contributed by atoms with Crippen LogP contribution in [0.2, 0.25) is 0 Å². The van der Waals surface area contributed by atoms with E-state index in [0.717, 1.165) is 6.33 Å². The van der Waals surface area contributed by atoms with Gasteiger partial charge in [-0.1, -0.05) is 0 Å². The number of hydrazine groups is 1. The van der Waals surface area contributed by atoms with Crippen LogP contribution >= 0.6 is 15.9 Å². The van der Waals surface area contributed by atoms with Crippen LogP contribution in [-0.2, 0) is 0 Å². The summed E-state index contributed by atoms with van der Waals surface area (Å²) in [6, 6.07) is 0. The molecule has 0 saturated carbocycles. The Bertz CT molecular complexity index is 682. The zero-order valence-electron chi connectivity index (χ0n) is 9.82. The summed E-state index contributed by atoms with van der Waals surface area (Å²) in [4.78, 5) is 7.27. The van der Waals surface area contributed by atoms with E-state index in [1.165, 1.54) is 0 Å². The molecule has 0 aliphatic carbocycles. The second-order valence-corrected chi connectivity index (χ2v) is 4.39. The molecule has 4 N–H and O–H groups in total. The summed E-state index contributed by atoms with van der Waals surface area (Å²) in [6.07, 6.45) is 0.967. The van der Waals surface area contributed by atoms with Crippen LogP contribution in [0.25, 0.3) is 0 Å². The number of nitrogen functional groups attached to an aromatic ring is 1. The maximum absolute atomic E-state index is 13.5. The zero-order valence-corrected chi connectivity index (χ0v) is 11.4. The first-order valence-corrected chi connectivity index (χ1v) is 5.93. The molecular formula is C10H5BrF5N5. The number of benzene rings is 1. The van der Waals surface area contributed by atoms with E-state index in [-0.39, 0.29) is 16.1 Å². The Labute approximate surface area is 122 Å². The van der Waals surface area contributed by atoms with Gasteiger partial charge in [-0.25, -0.2) is 37.8 Å². The first-order chi connectivity index (χ1) is 9.88. The van der Waals surface area contributed by atoms with Gasteiger partial charge in [-0.15, -0.1) is 0 Å². The predicted octanol–water partition coefficient (Wildman–Crippen LogP) is 2.96. The topological polar surface area (TPSA) is 75.9 Å². The van der Waals surface area contributed by atoms with Crippen molar-refractivity contribution in [2.75, 3.05) is 10.7 Å². The van der Waals surface area contributed by atoms with E-state index in [4.69, 9.17) is 5.84 Å². The normalized spacial score (nSPS) is 10.6. The molecule has 21 heavy (non-hydrogen) atoms. The molecule has 0 bridgehead atoms. The summed E-state index contributed by atoms with van der Waals surface area (Å²) < 4.78 is 66.1. The van der Waals surface area contributed by atoms with Crippen LogP contribution in [0.1, 0.15) is 0 Å². The summed E-state index contributed by atoms with van der Waals surface area (Å²) in [6.45, 7) is 0. The van der Waals surface area contributed by atoms with E-state index in [0.29, 0.717) is 0 Å². The molecule has 112 valence electrons. The summed E-state index contributed by atoms with van der Waals surface area (Å²) in [5.41, 5.74) is 0.907. The van der Waals surface area contributed by atoms with Gasteiger partial charge in [0.05, 0.1) is 0 Å². The van der Waals surface area contributed by atoms with E-state index >= 15 is 0 Å². The summed E-state index contributed by atoms with van der Waals surface area (Å²) >= 11 is 2.96. The van der Waals surface area contributed by atoms with Crippen LogP contribution in [-0.4, -0.2) is 9.97 Å². The number of rotatable bonds is 3. The second kappa shape index (κ2) is 5.77. The van der Waals surface area contributed by atoms with Crippen LogP contribution in [0.5, 0.6) is 0 Å². The maximum Gasteiger partial charge on any atom is 0.200 e. The van der Waals surface area contributed by atoms with Gasteiger partial charge < -0.3 is 10.7 Å². The molecule has 0 amide bonds. The molecule has 0 saturated heterocycles. The van der Waals surface area contributed by atoms with Crippen LogP contribution in [0.3, 0.4) is 0 Å². The van der Waals surface area contributed by atoms with Crippen molar-refractivity contribution < 1.29 is 22.0 Å². The first-order valence-electron chi connectivity index (χ1n) is 5.14. The molecule has 0 spiro atoms. The fourth-order valence-corrected chi connectivity index (χ4v) is 1.81. The molecular weight excluding hydrogens is 365 g/mol. The lowest BCUT2D eigenvalue weighted by atomic mass is 10.2. The Morgan fingerprint density at radius 1 is 0.857 bits per heavy atom. The summed E-state index contributed by atoms with van der Waals surface area (Å²) in [5, 5.41) is 2.00. The minimum atomic E-state index is -2.25. The van der Waals surface area contributed by atoms with Crippen molar-refractivity contribution in [1.82, 2.24) is 9.97 Å². The van der Waals surface area contributed by atoms with Gasteiger partial charge in [0.15, 0.2) is 34.9 Å². The third kappa shape index (κ3) is 2.61. The zero-order chi connectivity index (χ0) is 15.7. The highest BCUT2D eigenvalue weighted by Gasteiger charge is 2.26. The number of hydrogen-bond acceptors (Lipinski definition) is 5. The molecule has 1 aromatic heterocycles. The van der Waals surface area contributed by atoms with Gasteiger partial charge in [-0.05, 0) is 15.9 Å². The number of anilines is 3. The van der Waals surface area contributed by atoms with Crippen molar-refractivity contribution in [3.63, 3.8) is 0 Å². The predicted molar refractivity (Wildman–Crippen MR) is 67.1 cm³/mol. The first kappa shape index (κ1) is 15.4. The number of nitrogens with zero attached hydrogens (tertiary/aromatic N) is 2. The molecule has 0 unspecified atom stereocenters. The van der Waals surface area contributed by atoms with Crippen molar-refractivity contribution in [3.05, 3.63) is 39.9 Å². The van der Waals surface area contributed by atoms with E-state index in [2.05, 4.69) is 31.3 Å². The molecule has 11 heteroatoms. The molecule has 0 radical (unpaired) electrons. The fourth-order valence-electron chi connectivity index (χ4n) is 1.39. The second-order valence-electron chi connectivity index (χ2n) is 3.60. The Morgan fingerprint density at radius 3 is 1.86 bits per heavy atom. The van der Waals surface area contributed by atoms with Crippen molar-refractivity contribution in [3.8, 4) is 0 Å². The van der Waals surface area contributed by atoms with Crippen molar-refractivity contribution in [2.45, 2.75) is 0 Å². The largest absolute Gasteiger partial charge is 0.334 e. The van der Waals surface area contributed by atoms with Crippen LogP contribution < -0.4 is 16.6 Å². The molecule has 0 fully saturated rings. The molecule has 1 heterocycles. The van der Waals surface area contributed by atoms with Gasteiger partial charge in [0, 0.05) is 0 Å². The Kier molecular flexibility index (Phi) is 4.23. The minimum absolute atomic E-state index is 0.0383. The lowest BCUT2D eigenvalue weighted by Gasteiger charge is -2.12. The molecule has 1 aromatic carbocycles. The highest BCUT2D eigenvalue weighted by atomic mass is 79.9. The lowest BCUT2D eigenvalue weighted by molar-refractivity contribution is 0.382. The number of nitrogens with two attached hydrogens (primary N) is 1. The number of halogens is 6. The molecule has 2 aromatic rings. The van der Waals surface area contributed by atoms with Gasteiger partial charge in [0.25, 0.3) is 0 Å². The number of nitrogens with one attached hydrogen (secondary N) is 2. The summed E-state index contributed by atoms with van der Waals surface area (Å²) in [7, 11) is 0. The third-order valence-corrected chi connectivity index (χ3v) is 3.13. The van der Waals surface area contributed by atoms with Gasteiger partial charge in [-0.2, -0.15) is 0 Å². The van der Waals surface area contributed by atoms with Gasteiger partial charge in [0.1, 0.15) is 16.5 Å². The standard InChI is InChI=1S/C10H5BrF5N5/c11-2-9(18-1-19-10(2)21-17)20-8-6(15)4(13)3(12)5(14)7(8)16/h1H,17H2,(H2,18,19,20,21). The average Bonchev–Trinajstić information content (AvgIpc) is 2.49. The number of aromatic nitrogens is 2. The minimum Gasteiger partial charge on any atom is -0.334 e. The molecule has 0 atom stereocenters. The van der Waals surface area contributed by atoms with E-state index in [9.17, 15) is 22.0 Å². The molecule has 0 aliphatic heterocycles. The Morgan fingerprint density at radius 2 is 1.33 bits per heavy atom. The average molecular weight is 370 g/mol. The van der Waals surface area contributed by atoms with E-state index < -0.39 is 34.8 Å². The smallest absolute Gasteiger partial charge is 0.200 e. The van der Waals surface area contributed by atoms with Crippen molar-refractivity contribution in [1.29, 1.82) is 0 Å². The van der Waals surface area contributed by atoms with Gasteiger partial charge in [-0.3, -0.25) is 0 Å². The van der Waals surface area contributed by atoms with Crippen molar-refractivity contribution >= 4 is 33.3 Å². The van der Waals surface area contributed by atoms with Crippen molar-refractivity contribution in [2.24, 2.45) is 5.84 Å². The maximum atomic E-state index is 13.5. The van der Waals surface area contributed by atoms with Gasteiger partial charge in [0.2, 0.25) is 5.82 Å². The Balaban J connectivity index is 2.55. The SMILES string of the molecule is NNc1ncnc(Nc2c(F)c(F)c(F)c(F)c2F)c1Br. The molecule has 0 aliphatic rings. The monoisotopic (exact) mass is 369 g/mol. The number of hydrogen-bond donors (Lipinski definition) is 3. The quantitative estimate of drug-likeness (QED) is 0.255. The fraction of sp³-hybridized carbons (Fsp3) is 0. The molecule has 5 nitrogen and oxygen atoms in total. The highest BCUT2D eigenvalue weighted by molar-refractivity contribution is 9.10. The van der Waals surface area contributed by atoms with Gasteiger partial charge >= 0.3 is 0 Å². The van der Waals surface area contributed by atoms with E-state index in [1.54, 1.807) is 0 Å².